The van der Waals surface area contributed by atoms with Crippen LogP contribution in [-0.4, -0.2) is 21.6 Å². The average molecular weight is 375 g/mol. The van der Waals surface area contributed by atoms with Crippen molar-refractivity contribution < 1.29 is 4.43 Å². The van der Waals surface area contributed by atoms with Gasteiger partial charge in [0.05, 0.1) is 0 Å². The molecule has 0 aliphatic rings. The van der Waals surface area contributed by atoms with Crippen molar-refractivity contribution in [3.8, 4) is 0 Å². The highest BCUT2D eigenvalue weighted by Gasteiger charge is 1.96. The van der Waals surface area contributed by atoms with Gasteiger partial charge in [-0.25, -0.2) is 0 Å². The Hall–Kier alpha value is 0.527. The second kappa shape index (κ2) is 21.6. The molecule has 0 N–H and O–H groups in total. The van der Waals surface area contributed by atoms with E-state index in [1.54, 1.807) is 0 Å². The van der Waals surface area contributed by atoms with Crippen molar-refractivity contribution in [1.29, 1.82) is 0 Å². The Bertz CT molecular complexity index is 224. The van der Waals surface area contributed by atoms with E-state index in [-0.39, 0.29) is 9.76 Å². The van der Waals surface area contributed by atoms with E-state index in [9.17, 15) is 0 Å². The van der Waals surface area contributed by atoms with Crippen molar-refractivity contribution >= 4 is 22.4 Å². The fourth-order valence-corrected chi connectivity index (χ4v) is 4.60. The Kier molecular flexibility index (Phi) is 22.0. The highest BCUT2D eigenvalue weighted by molar-refractivity contribution is 7.80. The summed E-state index contributed by atoms with van der Waals surface area (Å²) in [5.41, 5.74) is 0. The topological polar surface area (TPSA) is 9.23 Å². The maximum atomic E-state index is 5.71. The summed E-state index contributed by atoms with van der Waals surface area (Å²) in [6.07, 6.45) is 23.5. The number of thiol groups is 1. The average Bonchev–Trinajstić information content (AvgIpc) is 2.56. The van der Waals surface area contributed by atoms with E-state index in [0.29, 0.717) is 6.10 Å². The third kappa shape index (κ3) is 22.5. The first-order valence-electron chi connectivity index (χ1n) is 11.0. The van der Waals surface area contributed by atoms with Gasteiger partial charge in [0.25, 0.3) is 0 Å². The fraction of sp³-hybridized carbons (Fsp3) is 1.00. The molecule has 24 heavy (non-hydrogen) atoms. The van der Waals surface area contributed by atoms with Crippen molar-refractivity contribution in [1.82, 2.24) is 0 Å². The molecule has 0 aromatic carbocycles. The zero-order chi connectivity index (χ0) is 17.7. The molecule has 3 heteroatoms. The lowest BCUT2D eigenvalue weighted by molar-refractivity contribution is 0.254. The van der Waals surface area contributed by atoms with E-state index in [4.69, 9.17) is 4.43 Å². The summed E-state index contributed by atoms with van der Waals surface area (Å²) in [7, 11) is -0.205. The van der Waals surface area contributed by atoms with E-state index in [0.717, 1.165) is 5.75 Å². The van der Waals surface area contributed by atoms with Gasteiger partial charge in [0.15, 0.2) is 9.76 Å². The second-order valence-electron chi connectivity index (χ2n) is 7.65. The van der Waals surface area contributed by atoms with Gasteiger partial charge in [-0.1, -0.05) is 96.3 Å². The number of unbranched alkanes of at least 4 members (excludes halogenated alkanes) is 15. The quantitative estimate of drug-likeness (QED) is 0.136. The van der Waals surface area contributed by atoms with E-state index < -0.39 is 0 Å². The highest BCUT2D eigenvalue weighted by Crippen LogP contribution is 2.14. The van der Waals surface area contributed by atoms with Crippen LogP contribution in [0.1, 0.15) is 117 Å². The van der Waals surface area contributed by atoms with Crippen LogP contribution in [0.3, 0.4) is 0 Å². The van der Waals surface area contributed by atoms with Crippen LogP contribution in [0.25, 0.3) is 0 Å². The minimum atomic E-state index is -0.205. The lowest BCUT2D eigenvalue weighted by atomic mass is 10.0. The molecule has 0 aliphatic heterocycles. The normalized spacial score (nSPS) is 12.0. The maximum Gasteiger partial charge on any atom is 0.161 e. The van der Waals surface area contributed by atoms with Crippen molar-refractivity contribution in [3.05, 3.63) is 0 Å². The molecular formula is C21H46OSSi. The minimum absolute atomic E-state index is 0.205. The van der Waals surface area contributed by atoms with Crippen LogP contribution in [0.2, 0.25) is 6.04 Å². The van der Waals surface area contributed by atoms with Crippen molar-refractivity contribution in [2.45, 2.75) is 129 Å². The van der Waals surface area contributed by atoms with Crippen LogP contribution >= 0.6 is 12.6 Å². The highest BCUT2D eigenvalue weighted by atomic mass is 32.1. The van der Waals surface area contributed by atoms with E-state index in [2.05, 4.69) is 26.5 Å². The van der Waals surface area contributed by atoms with Crippen molar-refractivity contribution in [2.24, 2.45) is 0 Å². The molecule has 0 saturated carbocycles. The monoisotopic (exact) mass is 374 g/mol. The predicted molar refractivity (Wildman–Crippen MR) is 117 cm³/mol. The van der Waals surface area contributed by atoms with Gasteiger partial charge in [-0.2, -0.15) is 12.6 Å². The summed E-state index contributed by atoms with van der Waals surface area (Å²) < 4.78 is 5.71. The lowest BCUT2D eigenvalue weighted by Gasteiger charge is -2.06. The zero-order valence-electron chi connectivity index (χ0n) is 16.9. The summed E-state index contributed by atoms with van der Waals surface area (Å²) in [5.74, 6) is 1.06. The molecule has 0 spiro atoms. The van der Waals surface area contributed by atoms with Gasteiger partial charge in [-0.05, 0) is 32.1 Å². The molecule has 0 amide bonds. The predicted octanol–water partition coefficient (Wildman–Crippen LogP) is 7.08. The smallest absolute Gasteiger partial charge is 0.161 e. The standard InChI is InChI=1S/C21H46OSSi/c1-21(2)22-24-20-18-16-14-12-10-8-6-4-3-5-7-9-11-13-15-17-19-23/h21,23H,3-20,24H2,1-2H3. The molecule has 0 aromatic heterocycles. The zero-order valence-corrected chi connectivity index (χ0v) is 19.2. The molecule has 0 saturated heterocycles. The van der Waals surface area contributed by atoms with Crippen LogP contribution in [0.5, 0.6) is 0 Å². The molecule has 0 radical (unpaired) electrons. The summed E-state index contributed by atoms with van der Waals surface area (Å²) in [6, 6.07) is 1.38. The Morgan fingerprint density at radius 1 is 0.583 bits per heavy atom. The molecule has 0 rings (SSSR count). The van der Waals surface area contributed by atoms with Gasteiger partial charge in [-0.3, -0.25) is 0 Å². The van der Waals surface area contributed by atoms with E-state index in [1.165, 1.54) is 109 Å². The molecule has 0 unspecified atom stereocenters. The second-order valence-corrected chi connectivity index (χ2v) is 9.55. The largest absolute Gasteiger partial charge is 0.422 e. The third-order valence-electron chi connectivity index (χ3n) is 4.75. The molecule has 0 aliphatic carbocycles. The Labute approximate surface area is 161 Å². The molecule has 0 aromatic rings. The number of rotatable bonds is 20. The van der Waals surface area contributed by atoms with Gasteiger partial charge in [0.1, 0.15) is 0 Å². The minimum Gasteiger partial charge on any atom is -0.422 e. The SMILES string of the molecule is CC(C)O[SiH2]CCCCCCCCCCCCCCCCCCS. The summed E-state index contributed by atoms with van der Waals surface area (Å²) in [6.45, 7) is 4.30. The first-order valence-corrected chi connectivity index (χ1v) is 13.2. The summed E-state index contributed by atoms with van der Waals surface area (Å²) >= 11 is 4.26. The third-order valence-corrected chi connectivity index (χ3v) is 6.76. The fourth-order valence-electron chi connectivity index (χ4n) is 3.18. The molecule has 146 valence electrons. The molecule has 0 fully saturated rings. The van der Waals surface area contributed by atoms with Crippen LogP contribution in [0.4, 0.5) is 0 Å². The van der Waals surface area contributed by atoms with Crippen LogP contribution in [0, 0.1) is 0 Å². The molecule has 1 nitrogen and oxygen atoms in total. The van der Waals surface area contributed by atoms with Gasteiger partial charge in [-0.15, -0.1) is 0 Å². The first-order chi connectivity index (χ1) is 11.8. The molecule has 0 atom stereocenters. The maximum absolute atomic E-state index is 5.71. The Balaban J connectivity index is 2.95. The van der Waals surface area contributed by atoms with Gasteiger partial charge in [0, 0.05) is 6.10 Å². The summed E-state index contributed by atoms with van der Waals surface area (Å²) in [5, 5.41) is 0. The van der Waals surface area contributed by atoms with Crippen LogP contribution in [-0.2, 0) is 4.43 Å². The number of hydrogen-bond donors (Lipinski definition) is 1. The van der Waals surface area contributed by atoms with Gasteiger partial charge in [0.2, 0.25) is 0 Å². The van der Waals surface area contributed by atoms with Crippen LogP contribution in [0.15, 0.2) is 0 Å². The molecule has 0 heterocycles. The van der Waals surface area contributed by atoms with Crippen molar-refractivity contribution in [2.75, 3.05) is 5.75 Å². The Morgan fingerprint density at radius 2 is 0.917 bits per heavy atom. The first kappa shape index (κ1) is 24.5. The molecule has 0 bridgehead atoms. The van der Waals surface area contributed by atoms with E-state index >= 15 is 0 Å². The van der Waals surface area contributed by atoms with Crippen molar-refractivity contribution in [3.63, 3.8) is 0 Å². The lowest BCUT2D eigenvalue weighted by Crippen LogP contribution is -2.06. The summed E-state index contributed by atoms with van der Waals surface area (Å²) in [4.78, 5) is 0. The van der Waals surface area contributed by atoms with E-state index in [1.807, 2.05) is 0 Å². The van der Waals surface area contributed by atoms with Gasteiger partial charge >= 0.3 is 0 Å². The Morgan fingerprint density at radius 3 is 1.25 bits per heavy atom. The van der Waals surface area contributed by atoms with Crippen LogP contribution < -0.4 is 0 Å². The molecular weight excluding hydrogens is 328 g/mol. The van der Waals surface area contributed by atoms with Gasteiger partial charge < -0.3 is 4.43 Å². The number of hydrogen-bond acceptors (Lipinski definition) is 2.